The molecular weight excluding hydrogens is 396 g/mol. The van der Waals surface area contributed by atoms with Gasteiger partial charge in [0.2, 0.25) is 0 Å². The molecule has 2 amide bonds. The van der Waals surface area contributed by atoms with Crippen LogP contribution < -0.4 is 4.74 Å². The van der Waals surface area contributed by atoms with Crippen LogP contribution in [0.4, 0.5) is 4.79 Å². The number of rotatable bonds is 5. The van der Waals surface area contributed by atoms with Gasteiger partial charge in [-0.2, -0.15) is 5.26 Å². The van der Waals surface area contributed by atoms with E-state index in [1.807, 2.05) is 54.6 Å². The maximum absolute atomic E-state index is 12.8. The minimum Gasteiger partial charge on any atom is -0.457 e. The molecule has 0 N–H and O–H groups in total. The van der Waals surface area contributed by atoms with Gasteiger partial charge in [-0.25, -0.2) is 0 Å². The Morgan fingerprint density at radius 2 is 1.67 bits per heavy atom. The number of hydrogen-bond donors (Lipinski definition) is 0. The topological polar surface area (TPSA) is 70.4 Å². The summed E-state index contributed by atoms with van der Waals surface area (Å²) in [6.07, 6.45) is 1.68. The Kier molecular flexibility index (Phi) is 5.64. The molecule has 5 nitrogen and oxygen atoms in total. The van der Waals surface area contributed by atoms with E-state index in [0.29, 0.717) is 27.5 Å². The van der Waals surface area contributed by atoms with Crippen LogP contribution in [-0.2, 0) is 11.3 Å². The standard InChI is InChI=1S/C24H16N2O3S/c25-15-18-8-4-5-9-19(18)16-26-23(27)22(30-24(26)28)14-17-7-6-12-21(13-17)29-20-10-2-1-3-11-20/h1-14H,16H2/b22-14+. The van der Waals surface area contributed by atoms with Gasteiger partial charge in [-0.1, -0.05) is 48.5 Å². The van der Waals surface area contributed by atoms with Gasteiger partial charge < -0.3 is 4.74 Å². The lowest BCUT2D eigenvalue weighted by atomic mass is 10.1. The van der Waals surface area contributed by atoms with Crippen molar-refractivity contribution in [3.8, 4) is 17.6 Å². The van der Waals surface area contributed by atoms with Gasteiger partial charge in [-0.3, -0.25) is 14.5 Å². The molecule has 4 rings (SSSR count). The first kappa shape index (κ1) is 19.5. The number of thioether (sulfide) groups is 1. The van der Waals surface area contributed by atoms with Crippen LogP contribution in [0.3, 0.4) is 0 Å². The molecular formula is C24H16N2O3S. The molecule has 0 bridgehead atoms. The molecule has 1 saturated heterocycles. The van der Waals surface area contributed by atoms with Crippen molar-refractivity contribution in [3.05, 3.63) is 100 Å². The van der Waals surface area contributed by atoms with Crippen molar-refractivity contribution in [2.75, 3.05) is 0 Å². The molecule has 1 fully saturated rings. The van der Waals surface area contributed by atoms with E-state index in [2.05, 4.69) is 6.07 Å². The Bertz CT molecular complexity index is 1180. The first-order chi connectivity index (χ1) is 14.6. The van der Waals surface area contributed by atoms with Crippen LogP contribution >= 0.6 is 11.8 Å². The first-order valence-electron chi connectivity index (χ1n) is 9.20. The lowest BCUT2D eigenvalue weighted by Gasteiger charge is -2.13. The molecule has 0 aliphatic carbocycles. The Hall–Kier alpha value is -3.82. The number of nitriles is 1. The largest absolute Gasteiger partial charge is 0.457 e. The predicted molar refractivity (Wildman–Crippen MR) is 116 cm³/mol. The van der Waals surface area contributed by atoms with E-state index >= 15 is 0 Å². The van der Waals surface area contributed by atoms with Gasteiger partial charge in [0.15, 0.2) is 0 Å². The second-order valence-corrected chi connectivity index (χ2v) is 7.52. The summed E-state index contributed by atoms with van der Waals surface area (Å²) in [5.41, 5.74) is 1.85. The van der Waals surface area contributed by atoms with Crippen molar-refractivity contribution in [2.24, 2.45) is 0 Å². The van der Waals surface area contributed by atoms with Crippen molar-refractivity contribution >= 4 is 29.0 Å². The molecule has 0 radical (unpaired) electrons. The highest BCUT2D eigenvalue weighted by Crippen LogP contribution is 2.34. The zero-order valence-electron chi connectivity index (χ0n) is 15.8. The average Bonchev–Trinajstić information content (AvgIpc) is 3.02. The molecule has 0 spiro atoms. The molecule has 1 heterocycles. The summed E-state index contributed by atoms with van der Waals surface area (Å²) < 4.78 is 5.83. The average molecular weight is 412 g/mol. The van der Waals surface area contributed by atoms with E-state index < -0.39 is 0 Å². The van der Waals surface area contributed by atoms with Crippen molar-refractivity contribution in [2.45, 2.75) is 6.54 Å². The third-order valence-electron chi connectivity index (χ3n) is 4.47. The summed E-state index contributed by atoms with van der Waals surface area (Å²) in [6, 6.07) is 25.8. The van der Waals surface area contributed by atoms with Crippen LogP contribution in [0.1, 0.15) is 16.7 Å². The van der Waals surface area contributed by atoms with Crippen molar-refractivity contribution in [1.82, 2.24) is 4.90 Å². The molecule has 1 aliphatic rings. The summed E-state index contributed by atoms with van der Waals surface area (Å²) in [5.74, 6) is 0.982. The fourth-order valence-electron chi connectivity index (χ4n) is 3.02. The van der Waals surface area contributed by atoms with Gasteiger partial charge in [0, 0.05) is 0 Å². The maximum atomic E-state index is 12.8. The van der Waals surface area contributed by atoms with Crippen LogP contribution in [0.25, 0.3) is 6.08 Å². The van der Waals surface area contributed by atoms with Crippen LogP contribution in [0.2, 0.25) is 0 Å². The Balaban J connectivity index is 1.54. The lowest BCUT2D eigenvalue weighted by Crippen LogP contribution is -2.27. The van der Waals surface area contributed by atoms with Crippen LogP contribution in [0.5, 0.6) is 11.5 Å². The molecule has 146 valence electrons. The summed E-state index contributed by atoms with van der Waals surface area (Å²) in [6.45, 7) is 0.0723. The monoisotopic (exact) mass is 412 g/mol. The third-order valence-corrected chi connectivity index (χ3v) is 5.38. The highest BCUT2D eigenvalue weighted by atomic mass is 32.2. The van der Waals surface area contributed by atoms with Crippen molar-refractivity contribution < 1.29 is 14.3 Å². The Labute approximate surface area is 178 Å². The first-order valence-corrected chi connectivity index (χ1v) is 10.0. The fourth-order valence-corrected chi connectivity index (χ4v) is 3.86. The summed E-state index contributed by atoms with van der Waals surface area (Å²) in [5, 5.41) is 8.88. The minimum atomic E-state index is -0.368. The highest BCUT2D eigenvalue weighted by molar-refractivity contribution is 8.18. The Morgan fingerprint density at radius 1 is 0.933 bits per heavy atom. The minimum absolute atomic E-state index is 0.0723. The van der Waals surface area contributed by atoms with Gasteiger partial charge in [0.25, 0.3) is 11.1 Å². The summed E-state index contributed by atoms with van der Waals surface area (Å²) in [4.78, 5) is 26.7. The van der Waals surface area contributed by atoms with Gasteiger partial charge in [-0.05, 0) is 59.3 Å². The van der Waals surface area contributed by atoms with Crippen molar-refractivity contribution in [3.63, 3.8) is 0 Å². The molecule has 3 aromatic carbocycles. The van der Waals surface area contributed by atoms with Crippen LogP contribution in [0.15, 0.2) is 83.8 Å². The molecule has 1 aliphatic heterocycles. The molecule has 0 aromatic heterocycles. The van der Waals surface area contributed by atoms with E-state index in [1.165, 1.54) is 0 Å². The van der Waals surface area contributed by atoms with Crippen LogP contribution in [-0.4, -0.2) is 16.0 Å². The van der Waals surface area contributed by atoms with E-state index in [4.69, 9.17) is 4.74 Å². The third kappa shape index (κ3) is 4.27. The van der Waals surface area contributed by atoms with Gasteiger partial charge >= 0.3 is 0 Å². The van der Waals surface area contributed by atoms with E-state index in [1.54, 1.807) is 30.3 Å². The normalized spacial score (nSPS) is 14.8. The molecule has 0 saturated carbocycles. The SMILES string of the molecule is N#Cc1ccccc1CN1C(=O)S/C(=C/c2cccc(Oc3ccccc3)c2)C1=O. The Morgan fingerprint density at radius 3 is 2.47 bits per heavy atom. The number of benzene rings is 3. The van der Waals surface area contributed by atoms with Gasteiger partial charge in [0.05, 0.1) is 23.1 Å². The smallest absolute Gasteiger partial charge is 0.293 e. The van der Waals surface area contributed by atoms with Gasteiger partial charge in [-0.15, -0.1) is 0 Å². The number of carbonyl (C=O) groups excluding carboxylic acids is 2. The second kappa shape index (κ2) is 8.68. The molecule has 0 atom stereocenters. The van der Waals surface area contributed by atoms with E-state index in [0.717, 1.165) is 22.2 Å². The number of nitrogens with zero attached hydrogens (tertiary/aromatic N) is 2. The summed E-state index contributed by atoms with van der Waals surface area (Å²) >= 11 is 0.894. The molecule has 3 aromatic rings. The van der Waals surface area contributed by atoms with Gasteiger partial charge in [0.1, 0.15) is 11.5 Å². The number of carbonyl (C=O) groups is 2. The summed E-state index contributed by atoms with van der Waals surface area (Å²) in [7, 11) is 0. The quantitative estimate of drug-likeness (QED) is 0.511. The number of amides is 2. The number of ether oxygens (including phenoxy) is 1. The number of imide groups is 1. The van der Waals surface area contributed by atoms with Crippen molar-refractivity contribution in [1.29, 1.82) is 5.26 Å². The zero-order chi connectivity index (χ0) is 20.9. The second-order valence-electron chi connectivity index (χ2n) is 6.52. The molecule has 30 heavy (non-hydrogen) atoms. The van der Waals surface area contributed by atoms with E-state index in [-0.39, 0.29) is 17.7 Å². The van der Waals surface area contributed by atoms with E-state index in [9.17, 15) is 14.9 Å². The molecule has 6 heteroatoms. The predicted octanol–water partition coefficient (Wildman–Crippen LogP) is 5.59. The number of para-hydroxylation sites is 1. The zero-order valence-corrected chi connectivity index (χ0v) is 16.6. The fraction of sp³-hybridized carbons (Fsp3) is 0.0417. The highest BCUT2D eigenvalue weighted by Gasteiger charge is 2.35. The van der Waals surface area contributed by atoms with Crippen LogP contribution in [0, 0.1) is 11.3 Å². The number of hydrogen-bond acceptors (Lipinski definition) is 5. The maximum Gasteiger partial charge on any atom is 0.293 e. The lowest BCUT2D eigenvalue weighted by molar-refractivity contribution is -0.123. The molecule has 0 unspecified atom stereocenters.